The lowest BCUT2D eigenvalue weighted by atomic mass is 9.74. The van der Waals surface area contributed by atoms with Gasteiger partial charge >= 0.3 is 0 Å². The van der Waals surface area contributed by atoms with E-state index in [0.717, 1.165) is 25.7 Å². The largest absolute Gasteiger partial charge is 0.273 e. The van der Waals surface area contributed by atoms with Crippen LogP contribution in [0.5, 0.6) is 0 Å². The minimum absolute atomic E-state index is 0.0722. The summed E-state index contributed by atoms with van der Waals surface area (Å²) in [6.45, 7) is 2.18. The van der Waals surface area contributed by atoms with Crippen LogP contribution in [0.1, 0.15) is 51.9 Å². The molecule has 1 saturated carbocycles. The molecule has 2 aliphatic carbocycles. The first-order valence-corrected chi connectivity index (χ1v) is 6.83. The maximum Gasteiger partial charge on any atom is 0.240 e. The summed E-state index contributed by atoms with van der Waals surface area (Å²) >= 11 is 0. The van der Waals surface area contributed by atoms with Crippen molar-refractivity contribution < 1.29 is 4.79 Å². The Bertz CT molecular complexity index is 333. The van der Waals surface area contributed by atoms with Crippen LogP contribution in [0.4, 0.5) is 0 Å². The Morgan fingerprint density at radius 1 is 1.47 bits per heavy atom. The fourth-order valence-corrected chi connectivity index (χ4v) is 2.57. The van der Waals surface area contributed by atoms with E-state index in [1.807, 2.05) is 0 Å². The zero-order chi connectivity index (χ0) is 12.1. The number of carbonyl (C=O) groups excluding carboxylic acids is 1. The summed E-state index contributed by atoms with van der Waals surface area (Å²) in [6, 6.07) is 0. The normalized spacial score (nSPS) is 27.9. The number of carbonyl (C=O) groups is 1. The molecule has 2 rings (SSSR count). The van der Waals surface area contributed by atoms with E-state index in [2.05, 4.69) is 29.6 Å². The van der Waals surface area contributed by atoms with Crippen molar-refractivity contribution >= 4 is 11.6 Å². The minimum Gasteiger partial charge on any atom is -0.273 e. The molecule has 0 bridgehead atoms. The first-order chi connectivity index (χ1) is 8.31. The molecule has 0 spiro atoms. The number of fused-ring (bicyclic) bond motifs is 1. The van der Waals surface area contributed by atoms with Crippen LogP contribution in [0.15, 0.2) is 17.3 Å². The highest BCUT2D eigenvalue weighted by Gasteiger charge is 2.37. The second-order valence-corrected chi connectivity index (χ2v) is 5.09. The first kappa shape index (κ1) is 12.3. The van der Waals surface area contributed by atoms with Gasteiger partial charge in [0.15, 0.2) is 0 Å². The van der Waals surface area contributed by atoms with Gasteiger partial charge in [-0.2, -0.15) is 5.10 Å². The second kappa shape index (κ2) is 5.99. The smallest absolute Gasteiger partial charge is 0.240 e. The SMILES string of the molecule is CCCCCCC(=O)N/N=C1\C[C@H]2C=CC[C@@H]12. The van der Waals surface area contributed by atoms with E-state index in [0.29, 0.717) is 18.3 Å². The number of nitrogens with zero attached hydrogens (tertiary/aromatic N) is 1. The highest BCUT2D eigenvalue weighted by molar-refractivity contribution is 5.94. The lowest BCUT2D eigenvalue weighted by Crippen LogP contribution is -2.35. The van der Waals surface area contributed by atoms with Crippen molar-refractivity contribution in [2.75, 3.05) is 0 Å². The summed E-state index contributed by atoms with van der Waals surface area (Å²) in [5, 5.41) is 4.25. The quantitative estimate of drug-likeness (QED) is 0.428. The third kappa shape index (κ3) is 3.18. The highest BCUT2D eigenvalue weighted by atomic mass is 16.2. The maximum absolute atomic E-state index is 11.5. The molecule has 1 N–H and O–H groups in total. The Morgan fingerprint density at radius 2 is 2.35 bits per heavy atom. The van der Waals surface area contributed by atoms with Crippen LogP contribution in [-0.2, 0) is 4.79 Å². The van der Waals surface area contributed by atoms with Gasteiger partial charge in [0.2, 0.25) is 5.91 Å². The topological polar surface area (TPSA) is 41.5 Å². The summed E-state index contributed by atoms with van der Waals surface area (Å²) in [5.41, 5.74) is 3.88. The molecule has 94 valence electrons. The molecule has 0 aromatic heterocycles. The average Bonchev–Trinajstić information content (AvgIpc) is 2.67. The van der Waals surface area contributed by atoms with Gasteiger partial charge in [-0.3, -0.25) is 4.79 Å². The lowest BCUT2D eigenvalue weighted by molar-refractivity contribution is -0.121. The Balaban J connectivity index is 1.61. The van der Waals surface area contributed by atoms with E-state index in [4.69, 9.17) is 0 Å². The maximum atomic E-state index is 11.5. The third-order valence-corrected chi connectivity index (χ3v) is 3.74. The predicted octanol–water partition coefficient (Wildman–Crippen LogP) is 3.03. The summed E-state index contributed by atoms with van der Waals surface area (Å²) < 4.78 is 0. The van der Waals surface area contributed by atoms with E-state index in [9.17, 15) is 4.79 Å². The molecule has 1 amide bonds. The number of nitrogens with one attached hydrogen (secondary N) is 1. The Kier molecular flexibility index (Phi) is 4.35. The van der Waals surface area contributed by atoms with E-state index in [-0.39, 0.29) is 5.91 Å². The summed E-state index contributed by atoms with van der Waals surface area (Å²) in [5.74, 6) is 1.37. The van der Waals surface area contributed by atoms with Crippen LogP contribution >= 0.6 is 0 Å². The van der Waals surface area contributed by atoms with Crippen LogP contribution in [0, 0.1) is 11.8 Å². The molecule has 1 fully saturated rings. The molecule has 17 heavy (non-hydrogen) atoms. The van der Waals surface area contributed by atoms with Crippen molar-refractivity contribution in [2.24, 2.45) is 16.9 Å². The number of allylic oxidation sites excluding steroid dienone is 2. The molecule has 3 heteroatoms. The van der Waals surface area contributed by atoms with E-state index in [1.54, 1.807) is 0 Å². The Labute approximate surface area is 103 Å². The number of amides is 1. The average molecular weight is 234 g/mol. The first-order valence-electron chi connectivity index (χ1n) is 6.83. The minimum atomic E-state index is 0.0722. The van der Waals surface area contributed by atoms with Gasteiger partial charge in [-0.05, 0) is 25.2 Å². The number of unbranched alkanes of at least 4 members (excludes halogenated alkanes) is 3. The zero-order valence-electron chi connectivity index (χ0n) is 10.6. The molecule has 0 radical (unpaired) electrons. The fourth-order valence-electron chi connectivity index (χ4n) is 2.57. The van der Waals surface area contributed by atoms with Gasteiger partial charge in [0, 0.05) is 18.1 Å². The lowest BCUT2D eigenvalue weighted by Gasteiger charge is -2.31. The van der Waals surface area contributed by atoms with Crippen LogP contribution in [0.3, 0.4) is 0 Å². The van der Waals surface area contributed by atoms with E-state index < -0.39 is 0 Å². The van der Waals surface area contributed by atoms with Crippen molar-refractivity contribution in [1.29, 1.82) is 0 Å². The zero-order valence-corrected chi connectivity index (χ0v) is 10.6. The predicted molar refractivity (Wildman–Crippen MR) is 69.7 cm³/mol. The van der Waals surface area contributed by atoms with Crippen molar-refractivity contribution in [2.45, 2.75) is 51.9 Å². The van der Waals surface area contributed by atoms with Crippen LogP contribution < -0.4 is 5.43 Å². The Morgan fingerprint density at radius 3 is 3.12 bits per heavy atom. The molecule has 0 aromatic carbocycles. The fraction of sp³-hybridized carbons (Fsp3) is 0.714. The standard InChI is InChI=1S/C14H22N2O/c1-2-3-4-5-9-14(17)16-15-13-10-11-7-6-8-12(11)13/h6-7,11-12H,2-5,8-10H2,1H3,(H,16,17)/b15-13+/t11-,12-/m1/s1. The highest BCUT2D eigenvalue weighted by Crippen LogP contribution is 2.39. The van der Waals surface area contributed by atoms with Crippen molar-refractivity contribution in [1.82, 2.24) is 5.43 Å². The van der Waals surface area contributed by atoms with E-state index in [1.165, 1.54) is 18.6 Å². The molecule has 2 aliphatic rings. The number of hydrazone groups is 1. The van der Waals surface area contributed by atoms with Gasteiger partial charge in [-0.1, -0.05) is 38.3 Å². The second-order valence-electron chi connectivity index (χ2n) is 5.09. The Hall–Kier alpha value is -1.12. The summed E-state index contributed by atoms with van der Waals surface area (Å²) in [6.07, 6.45) is 11.8. The molecular formula is C14H22N2O. The number of rotatable bonds is 6. The number of hydrogen-bond acceptors (Lipinski definition) is 2. The van der Waals surface area contributed by atoms with Gasteiger partial charge in [0.1, 0.15) is 0 Å². The van der Waals surface area contributed by atoms with Crippen molar-refractivity contribution in [3.05, 3.63) is 12.2 Å². The third-order valence-electron chi connectivity index (χ3n) is 3.74. The van der Waals surface area contributed by atoms with Crippen LogP contribution in [-0.4, -0.2) is 11.6 Å². The molecular weight excluding hydrogens is 212 g/mol. The molecule has 3 nitrogen and oxygen atoms in total. The monoisotopic (exact) mass is 234 g/mol. The summed E-state index contributed by atoms with van der Waals surface area (Å²) in [7, 11) is 0. The van der Waals surface area contributed by atoms with Crippen molar-refractivity contribution in [3.8, 4) is 0 Å². The van der Waals surface area contributed by atoms with Gasteiger partial charge in [-0.15, -0.1) is 0 Å². The number of hydrogen-bond donors (Lipinski definition) is 1. The molecule has 0 aliphatic heterocycles. The summed E-state index contributed by atoms with van der Waals surface area (Å²) in [4.78, 5) is 11.5. The van der Waals surface area contributed by atoms with E-state index >= 15 is 0 Å². The molecule has 0 aromatic rings. The van der Waals surface area contributed by atoms with Crippen LogP contribution in [0.2, 0.25) is 0 Å². The molecule has 2 atom stereocenters. The van der Waals surface area contributed by atoms with Gasteiger partial charge in [-0.25, -0.2) is 5.43 Å². The van der Waals surface area contributed by atoms with Crippen LogP contribution in [0.25, 0.3) is 0 Å². The molecule has 0 heterocycles. The van der Waals surface area contributed by atoms with Gasteiger partial charge in [0.05, 0.1) is 0 Å². The van der Waals surface area contributed by atoms with Crippen molar-refractivity contribution in [3.63, 3.8) is 0 Å². The van der Waals surface area contributed by atoms with Gasteiger partial charge in [0.25, 0.3) is 0 Å². The molecule has 0 unspecified atom stereocenters. The molecule has 0 saturated heterocycles. The van der Waals surface area contributed by atoms with Gasteiger partial charge < -0.3 is 0 Å².